The lowest BCUT2D eigenvalue weighted by molar-refractivity contribution is -0.124. The Hall–Kier alpha value is -3.28. The number of hydrogen-bond acceptors (Lipinski definition) is 4. The summed E-state index contributed by atoms with van der Waals surface area (Å²) in [4.78, 5) is 52.1. The molecule has 4 amide bonds. The zero-order chi connectivity index (χ0) is 22.4. The Morgan fingerprint density at radius 3 is 1.03 bits per heavy atom. The summed E-state index contributed by atoms with van der Waals surface area (Å²) in [5, 5.41) is 0. The predicted molar refractivity (Wildman–Crippen MR) is 117 cm³/mol. The maximum Gasteiger partial charge on any atom is 0.237 e. The van der Waals surface area contributed by atoms with Crippen LogP contribution in [-0.2, 0) is 25.6 Å². The van der Waals surface area contributed by atoms with E-state index in [1.54, 1.807) is 52.0 Å². The molecule has 2 aliphatic heterocycles. The second-order valence-electron chi connectivity index (χ2n) is 8.69. The van der Waals surface area contributed by atoms with Crippen LogP contribution >= 0.6 is 0 Å². The summed E-state index contributed by atoms with van der Waals surface area (Å²) in [6.45, 7) is 7.14. The first-order valence-electron chi connectivity index (χ1n) is 10.6. The maximum absolute atomic E-state index is 12.4. The fraction of sp³-hybridized carbons (Fsp3) is 0.360. The van der Waals surface area contributed by atoms with Crippen molar-refractivity contribution in [3.63, 3.8) is 0 Å². The van der Waals surface area contributed by atoms with Crippen molar-refractivity contribution in [3.8, 4) is 0 Å². The van der Waals surface area contributed by atoms with Gasteiger partial charge in [-0.15, -0.1) is 0 Å². The van der Waals surface area contributed by atoms with Crippen LogP contribution in [0.2, 0.25) is 0 Å². The number of benzene rings is 2. The molecule has 0 aliphatic carbocycles. The molecule has 6 heteroatoms. The molecule has 160 valence electrons. The van der Waals surface area contributed by atoms with Crippen LogP contribution in [-0.4, -0.2) is 23.6 Å². The SMILES string of the molecule is CC1C(=O)N(c2ccc(Cc3ccc(N4C(=O)C(C)C(C)C4=O)cc3)cc2)C(=O)C1C. The second-order valence-corrected chi connectivity index (χ2v) is 8.69. The number of rotatable bonds is 4. The summed E-state index contributed by atoms with van der Waals surface area (Å²) in [5.41, 5.74) is 3.26. The number of hydrogen-bond donors (Lipinski definition) is 0. The van der Waals surface area contributed by atoms with E-state index in [0.717, 1.165) is 11.1 Å². The topological polar surface area (TPSA) is 74.8 Å². The molecule has 0 radical (unpaired) electrons. The van der Waals surface area contributed by atoms with E-state index in [9.17, 15) is 19.2 Å². The largest absolute Gasteiger partial charge is 0.274 e. The van der Waals surface area contributed by atoms with Crippen molar-refractivity contribution in [3.05, 3.63) is 59.7 Å². The fourth-order valence-corrected chi connectivity index (χ4v) is 4.16. The van der Waals surface area contributed by atoms with Gasteiger partial charge in [0.1, 0.15) is 0 Å². The maximum atomic E-state index is 12.4. The molecule has 0 bridgehead atoms. The van der Waals surface area contributed by atoms with Gasteiger partial charge < -0.3 is 0 Å². The standard InChI is InChI=1S/C25H26N2O4/c1-14-15(2)23(29)26(22(14)28)20-9-5-18(6-10-20)13-19-7-11-21(12-8-19)27-24(30)16(3)17(4)25(27)31/h5-12,14-17H,13H2,1-4H3. The molecule has 0 saturated carbocycles. The van der Waals surface area contributed by atoms with E-state index in [-0.39, 0.29) is 47.3 Å². The van der Waals surface area contributed by atoms with Crippen LogP contribution in [0.25, 0.3) is 0 Å². The Kier molecular flexibility index (Phi) is 5.25. The molecule has 4 unspecified atom stereocenters. The smallest absolute Gasteiger partial charge is 0.237 e. The lowest BCUT2D eigenvalue weighted by Crippen LogP contribution is -2.30. The van der Waals surface area contributed by atoms with Crippen molar-refractivity contribution >= 4 is 35.0 Å². The molecule has 2 saturated heterocycles. The number of carbonyl (C=O) groups is 4. The van der Waals surface area contributed by atoms with E-state index < -0.39 is 0 Å². The van der Waals surface area contributed by atoms with Crippen LogP contribution in [0.1, 0.15) is 38.8 Å². The van der Waals surface area contributed by atoms with Gasteiger partial charge in [0, 0.05) is 23.7 Å². The normalized spacial score (nSPS) is 26.3. The van der Waals surface area contributed by atoms with Crippen LogP contribution in [0.5, 0.6) is 0 Å². The van der Waals surface area contributed by atoms with Gasteiger partial charge in [-0.3, -0.25) is 29.0 Å². The van der Waals surface area contributed by atoms with Gasteiger partial charge in [0.25, 0.3) is 0 Å². The van der Waals surface area contributed by atoms with E-state index in [1.807, 2.05) is 24.3 Å². The van der Waals surface area contributed by atoms with Gasteiger partial charge in [0.15, 0.2) is 0 Å². The highest BCUT2D eigenvalue weighted by Gasteiger charge is 2.43. The van der Waals surface area contributed by atoms with E-state index in [0.29, 0.717) is 17.8 Å². The number of imide groups is 2. The van der Waals surface area contributed by atoms with E-state index in [2.05, 4.69) is 0 Å². The number of amides is 4. The van der Waals surface area contributed by atoms with Crippen LogP contribution in [0.4, 0.5) is 11.4 Å². The molecule has 4 atom stereocenters. The third kappa shape index (κ3) is 3.46. The van der Waals surface area contributed by atoms with Gasteiger partial charge in [-0.1, -0.05) is 52.0 Å². The van der Waals surface area contributed by atoms with Gasteiger partial charge >= 0.3 is 0 Å². The zero-order valence-corrected chi connectivity index (χ0v) is 18.2. The second kappa shape index (κ2) is 7.76. The van der Waals surface area contributed by atoms with Crippen LogP contribution in [0.15, 0.2) is 48.5 Å². The molecule has 4 rings (SSSR count). The van der Waals surface area contributed by atoms with Crippen molar-refractivity contribution < 1.29 is 19.2 Å². The Balaban J connectivity index is 1.47. The minimum atomic E-state index is -0.300. The first-order valence-corrected chi connectivity index (χ1v) is 10.6. The molecular formula is C25H26N2O4. The fourth-order valence-electron chi connectivity index (χ4n) is 4.16. The Bertz CT molecular complexity index is 932. The van der Waals surface area contributed by atoms with Crippen molar-refractivity contribution in [2.24, 2.45) is 23.7 Å². The minimum absolute atomic E-state index is 0.157. The Labute approximate surface area is 181 Å². The van der Waals surface area contributed by atoms with Gasteiger partial charge in [0.2, 0.25) is 23.6 Å². The lowest BCUT2D eigenvalue weighted by atomic mass is 10.00. The molecule has 0 aromatic heterocycles. The molecule has 6 nitrogen and oxygen atoms in total. The summed E-state index contributed by atoms with van der Waals surface area (Å²) in [7, 11) is 0. The summed E-state index contributed by atoms with van der Waals surface area (Å²) in [6, 6.07) is 14.8. The molecule has 2 heterocycles. The highest BCUT2D eigenvalue weighted by molar-refractivity contribution is 6.22. The molecular weight excluding hydrogens is 392 g/mol. The third-order valence-electron chi connectivity index (χ3n) is 6.74. The van der Waals surface area contributed by atoms with Crippen LogP contribution in [0, 0.1) is 23.7 Å². The molecule has 31 heavy (non-hydrogen) atoms. The first-order chi connectivity index (χ1) is 14.7. The number of nitrogens with zero attached hydrogens (tertiary/aromatic N) is 2. The Morgan fingerprint density at radius 2 is 0.774 bits per heavy atom. The van der Waals surface area contributed by atoms with Crippen molar-refractivity contribution in [2.45, 2.75) is 34.1 Å². The summed E-state index contributed by atoms with van der Waals surface area (Å²) in [5.74, 6) is -1.83. The molecule has 0 spiro atoms. The highest BCUT2D eigenvalue weighted by Crippen LogP contribution is 2.32. The van der Waals surface area contributed by atoms with Crippen molar-refractivity contribution in [2.75, 3.05) is 9.80 Å². The van der Waals surface area contributed by atoms with Gasteiger partial charge in [-0.2, -0.15) is 0 Å². The summed E-state index contributed by atoms with van der Waals surface area (Å²) in [6.07, 6.45) is 0.657. The van der Waals surface area contributed by atoms with Gasteiger partial charge in [0.05, 0.1) is 11.4 Å². The lowest BCUT2D eigenvalue weighted by Gasteiger charge is -2.16. The van der Waals surface area contributed by atoms with Crippen LogP contribution in [0.3, 0.4) is 0 Å². The van der Waals surface area contributed by atoms with E-state index >= 15 is 0 Å². The van der Waals surface area contributed by atoms with E-state index in [1.165, 1.54) is 9.80 Å². The van der Waals surface area contributed by atoms with Gasteiger partial charge in [-0.05, 0) is 41.8 Å². The molecule has 2 aliphatic rings. The molecule has 0 N–H and O–H groups in total. The quantitative estimate of drug-likeness (QED) is 0.712. The number of carbonyl (C=O) groups excluding carboxylic acids is 4. The average molecular weight is 418 g/mol. The first kappa shape index (κ1) is 21.0. The molecule has 2 aromatic carbocycles. The summed E-state index contributed by atoms with van der Waals surface area (Å²) >= 11 is 0. The Morgan fingerprint density at radius 1 is 0.516 bits per heavy atom. The van der Waals surface area contributed by atoms with E-state index in [4.69, 9.17) is 0 Å². The zero-order valence-electron chi connectivity index (χ0n) is 18.2. The summed E-state index contributed by atoms with van der Waals surface area (Å²) < 4.78 is 0. The molecule has 2 fully saturated rings. The predicted octanol–water partition coefficient (Wildman–Crippen LogP) is 3.57. The van der Waals surface area contributed by atoms with Crippen molar-refractivity contribution in [1.29, 1.82) is 0 Å². The van der Waals surface area contributed by atoms with Gasteiger partial charge in [-0.25, -0.2) is 0 Å². The number of anilines is 2. The van der Waals surface area contributed by atoms with Crippen LogP contribution < -0.4 is 9.80 Å². The minimum Gasteiger partial charge on any atom is -0.274 e. The highest BCUT2D eigenvalue weighted by atomic mass is 16.2. The molecule has 2 aromatic rings. The third-order valence-corrected chi connectivity index (χ3v) is 6.74. The average Bonchev–Trinajstić information content (AvgIpc) is 3.08. The monoisotopic (exact) mass is 418 g/mol. The van der Waals surface area contributed by atoms with Crippen molar-refractivity contribution in [1.82, 2.24) is 0 Å².